The van der Waals surface area contributed by atoms with Gasteiger partial charge in [-0.25, -0.2) is 0 Å². The zero-order chi connectivity index (χ0) is 18.1. The standard InChI is InChI=1S/C14H18N4O5S2/c1-23-11(21)14(2-3-14)10(20)18-6-13(22,7-18)5-15-9(19)4-24-12-17-16-8-25-12/h8,22H,2-7H2,1H3,(H,15,19). The Hall–Kier alpha value is -1.72. The van der Waals surface area contributed by atoms with Crippen LogP contribution in [0.3, 0.4) is 0 Å². The summed E-state index contributed by atoms with van der Waals surface area (Å²) in [5.41, 5.74) is -0.632. The fourth-order valence-electron chi connectivity index (χ4n) is 2.72. The molecule has 3 rings (SSSR count). The molecular formula is C14H18N4O5S2. The molecule has 1 aliphatic heterocycles. The van der Waals surface area contributed by atoms with Crippen LogP contribution in [-0.4, -0.2) is 76.1 Å². The van der Waals surface area contributed by atoms with Gasteiger partial charge in [0.05, 0.1) is 26.0 Å². The number of amides is 2. The van der Waals surface area contributed by atoms with Gasteiger partial charge in [0, 0.05) is 6.54 Å². The van der Waals surface area contributed by atoms with Crippen LogP contribution < -0.4 is 5.32 Å². The first-order valence-corrected chi connectivity index (χ1v) is 9.51. The van der Waals surface area contributed by atoms with Crippen LogP contribution in [0.4, 0.5) is 0 Å². The van der Waals surface area contributed by atoms with Crippen LogP contribution >= 0.6 is 23.1 Å². The van der Waals surface area contributed by atoms with Crippen molar-refractivity contribution in [2.45, 2.75) is 22.8 Å². The van der Waals surface area contributed by atoms with E-state index in [1.165, 1.54) is 35.1 Å². The second-order valence-electron chi connectivity index (χ2n) is 6.23. The maximum atomic E-state index is 12.4. The number of β-amino-alcohol motifs (C(OH)–C–C–N with tert-alkyl or cyclic N) is 1. The van der Waals surface area contributed by atoms with E-state index in [1.807, 2.05) is 0 Å². The van der Waals surface area contributed by atoms with Gasteiger partial charge in [-0.3, -0.25) is 14.4 Å². The highest BCUT2D eigenvalue weighted by Crippen LogP contribution is 2.49. The van der Waals surface area contributed by atoms with Crippen LogP contribution in [0.15, 0.2) is 9.85 Å². The lowest BCUT2D eigenvalue weighted by molar-refractivity contribution is -0.168. The lowest BCUT2D eigenvalue weighted by Crippen LogP contribution is -2.69. The first-order valence-electron chi connectivity index (χ1n) is 7.64. The number of carbonyl (C=O) groups is 3. The van der Waals surface area contributed by atoms with Gasteiger partial charge >= 0.3 is 5.97 Å². The third-order valence-electron chi connectivity index (χ3n) is 4.27. The zero-order valence-corrected chi connectivity index (χ0v) is 15.2. The number of ether oxygens (including phenoxy) is 1. The molecule has 0 unspecified atom stereocenters. The van der Waals surface area contributed by atoms with E-state index < -0.39 is 17.0 Å². The summed E-state index contributed by atoms with van der Waals surface area (Å²) < 4.78 is 5.39. The molecule has 2 N–H and O–H groups in total. The number of carbonyl (C=O) groups excluding carboxylic acids is 3. The Kier molecular flexibility index (Phi) is 4.98. The molecule has 136 valence electrons. The quantitative estimate of drug-likeness (QED) is 0.357. The van der Waals surface area contributed by atoms with Crippen LogP contribution in [0.5, 0.6) is 0 Å². The topological polar surface area (TPSA) is 122 Å². The smallest absolute Gasteiger partial charge is 0.321 e. The van der Waals surface area contributed by atoms with E-state index in [0.717, 1.165) is 0 Å². The highest BCUT2D eigenvalue weighted by atomic mass is 32.2. The molecule has 9 nitrogen and oxygen atoms in total. The molecule has 11 heteroatoms. The Morgan fingerprint density at radius 1 is 1.44 bits per heavy atom. The predicted molar refractivity (Wildman–Crippen MR) is 88.9 cm³/mol. The van der Waals surface area contributed by atoms with Gasteiger partial charge in [0.15, 0.2) is 4.34 Å². The Labute approximate surface area is 152 Å². The summed E-state index contributed by atoms with van der Waals surface area (Å²) in [7, 11) is 1.26. The van der Waals surface area contributed by atoms with Gasteiger partial charge in [0.2, 0.25) is 11.8 Å². The number of thioether (sulfide) groups is 1. The normalized spacial score (nSPS) is 19.7. The fraction of sp³-hybridized carbons (Fsp3) is 0.643. The molecule has 1 saturated carbocycles. The highest BCUT2D eigenvalue weighted by molar-refractivity contribution is 8.01. The summed E-state index contributed by atoms with van der Waals surface area (Å²) >= 11 is 2.62. The molecule has 0 atom stereocenters. The number of aromatic nitrogens is 2. The number of methoxy groups -OCH3 is 1. The summed E-state index contributed by atoms with van der Waals surface area (Å²) in [6, 6.07) is 0. The summed E-state index contributed by atoms with van der Waals surface area (Å²) in [6.45, 7) is 0.236. The van der Waals surface area contributed by atoms with Crippen molar-refractivity contribution >= 4 is 40.9 Å². The third kappa shape index (κ3) is 3.77. The maximum absolute atomic E-state index is 12.4. The molecular weight excluding hydrogens is 368 g/mol. The molecule has 0 aromatic carbocycles. The van der Waals surface area contributed by atoms with Gasteiger partial charge in [-0.05, 0) is 12.8 Å². The second kappa shape index (κ2) is 6.89. The average molecular weight is 386 g/mol. The largest absolute Gasteiger partial charge is 0.468 e. The Balaban J connectivity index is 1.41. The maximum Gasteiger partial charge on any atom is 0.321 e. The fourth-order valence-corrected chi connectivity index (χ4v) is 4.03. The van der Waals surface area contributed by atoms with E-state index in [0.29, 0.717) is 17.2 Å². The third-order valence-corrected chi connectivity index (χ3v) is 6.13. The molecule has 0 spiro atoms. The number of hydrogen-bond donors (Lipinski definition) is 2. The van der Waals surface area contributed by atoms with Crippen molar-refractivity contribution in [3.8, 4) is 0 Å². The Morgan fingerprint density at radius 2 is 2.16 bits per heavy atom. The summed E-state index contributed by atoms with van der Waals surface area (Å²) in [4.78, 5) is 37.4. The van der Waals surface area contributed by atoms with E-state index >= 15 is 0 Å². The summed E-state index contributed by atoms with van der Waals surface area (Å²) in [5.74, 6) is -0.872. The van der Waals surface area contributed by atoms with Crippen LogP contribution in [0, 0.1) is 5.41 Å². The molecule has 25 heavy (non-hydrogen) atoms. The van der Waals surface area contributed by atoms with Crippen molar-refractivity contribution in [1.29, 1.82) is 0 Å². The van der Waals surface area contributed by atoms with E-state index in [-0.39, 0.29) is 37.2 Å². The zero-order valence-electron chi connectivity index (χ0n) is 13.6. The lowest BCUT2D eigenvalue weighted by atomic mass is 9.91. The first kappa shape index (κ1) is 18.1. The minimum Gasteiger partial charge on any atom is -0.468 e. The molecule has 1 saturated heterocycles. The van der Waals surface area contributed by atoms with Crippen molar-refractivity contribution in [2.75, 3.05) is 32.5 Å². The number of nitrogens with zero attached hydrogens (tertiary/aromatic N) is 3. The van der Waals surface area contributed by atoms with Gasteiger partial charge in [0.1, 0.15) is 16.5 Å². The van der Waals surface area contributed by atoms with Crippen molar-refractivity contribution in [2.24, 2.45) is 5.41 Å². The summed E-state index contributed by atoms with van der Waals surface area (Å²) in [6.07, 6.45) is 0.958. The van der Waals surface area contributed by atoms with E-state index in [1.54, 1.807) is 5.51 Å². The Morgan fingerprint density at radius 3 is 2.72 bits per heavy atom. The molecule has 2 amide bonds. The van der Waals surface area contributed by atoms with Crippen LogP contribution in [0.25, 0.3) is 0 Å². The predicted octanol–water partition coefficient (Wildman–Crippen LogP) is -0.727. The number of nitrogens with one attached hydrogen (secondary N) is 1. The van der Waals surface area contributed by atoms with Crippen molar-refractivity contribution in [3.05, 3.63) is 5.51 Å². The summed E-state index contributed by atoms with van der Waals surface area (Å²) in [5, 5.41) is 20.5. The Bertz CT molecular complexity index is 671. The molecule has 1 aliphatic carbocycles. The monoisotopic (exact) mass is 386 g/mol. The van der Waals surface area contributed by atoms with Crippen molar-refractivity contribution < 1.29 is 24.2 Å². The van der Waals surface area contributed by atoms with Gasteiger partial charge < -0.3 is 20.1 Å². The van der Waals surface area contributed by atoms with Crippen molar-refractivity contribution in [1.82, 2.24) is 20.4 Å². The molecule has 0 bridgehead atoms. The van der Waals surface area contributed by atoms with Gasteiger partial charge in [0.25, 0.3) is 0 Å². The second-order valence-corrected chi connectivity index (χ2v) is 8.28. The lowest BCUT2D eigenvalue weighted by Gasteiger charge is -2.47. The first-order chi connectivity index (χ1) is 11.9. The number of likely N-dealkylation sites (tertiary alicyclic amines) is 1. The molecule has 1 aromatic heterocycles. The van der Waals surface area contributed by atoms with E-state index in [4.69, 9.17) is 0 Å². The van der Waals surface area contributed by atoms with E-state index in [9.17, 15) is 19.5 Å². The number of esters is 1. The number of hydrogen-bond acceptors (Lipinski definition) is 9. The van der Waals surface area contributed by atoms with E-state index in [2.05, 4.69) is 20.3 Å². The number of aliphatic hydroxyl groups is 1. The molecule has 2 heterocycles. The van der Waals surface area contributed by atoms with Gasteiger partial charge in [-0.2, -0.15) is 0 Å². The van der Waals surface area contributed by atoms with Gasteiger partial charge in [-0.1, -0.05) is 23.1 Å². The highest BCUT2D eigenvalue weighted by Gasteiger charge is 2.61. The van der Waals surface area contributed by atoms with Crippen LogP contribution in [0.2, 0.25) is 0 Å². The number of rotatable bonds is 7. The molecule has 0 radical (unpaired) electrons. The van der Waals surface area contributed by atoms with Gasteiger partial charge in [-0.15, -0.1) is 10.2 Å². The van der Waals surface area contributed by atoms with Crippen molar-refractivity contribution in [3.63, 3.8) is 0 Å². The van der Waals surface area contributed by atoms with Crippen LogP contribution in [-0.2, 0) is 19.1 Å². The van der Waals surface area contributed by atoms with Crippen LogP contribution in [0.1, 0.15) is 12.8 Å². The molecule has 2 fully saturated rings. The average Bonchev–Trinajstić information content (AvgIpc) is 3.23. The minimum atomic E-state index is -1.16. The molecule has 1 aromatic rings. The minimum absolute atomic E-state index is 0.0531. The molecule has 2 aliphatic rings. The SMILES string of the molecule is COC(=O)C1(C(=O)N2CC(O)(CNC(=O)CSc3nncs3)C2)CC1.